The minimum atomic E-state index is -0.106. The van der Waals surface area contributed by atoms with Gasteiger partial charge in [0.15, 0.2) is 0 Å². The average molecular weight is 374 g/mol. The van der Waals surface area contributed by atoms with Gasteiger partial charge in [0.2, 0.25) is 11.7 Å². The smallest absolute Gasteiger partial charge is 0.258 e. The number of amides is 1. The molecular formula is C20H18N6O2. The van der Waals surface area contributed by atoms with Crippen LogP contribution in [0.4, 0.5) is 0 Å². The van der Waals surface area contributed by atoms with Gasteiger partial charge in [-0.15, -0.1) is 0 Å². The van der Waals surface area contributed by atoms with E-state index in [0.717, 1.165) is 11.1 Å². The fourth-order valence-electron chi connectivity index (χ4n) is 2.78. The first-order valence-corrected chi connectivity index (χ1v) is 8.79. The third-order valence-corrected chi connectivity index (χ3v) is 4.22. The molecule has 0 spiro atoms. The normalized spacial score (nSPS) is 11.9. The molecule has 0 aliphatic carbocycles. The second-order valence-electron chi connectivity index (χ2n) is 6.29. The van der Waals surface area contributed by atoms with Crippen molar-refractivity contribution in [3.63, 3.8) is 0 Å². The molecule has 1 N–H and O–H groups in total. The standard InChI is InChI=1S/C20H18N6O2/c1-14(15-5-3-2-4-6-15)23-18(27)12-26-11-17(22-13-26)19-24-20(28-25-19)16-7-9-21-10-8-16/h2-11,13-14H,12H2,1H3,(H,23,27). The van der Waals surface area contributed by atoms with E-state index in [4.69, 9.17) is 4.52 Å². The molecule has 0 fully saturated rings. The summed E-state index contributed by atoms with van der Waals surface area (Å²) in [5.41, 5.74) is 2.37. The molecule has 1 unspecified atom stereocenters. The lowest BCUT2D eigenvalue weighted by Crippen LogP contribution is -2.29. The minimum absolute atomic E-state index is 0.0724. The SMILES string of the molecule is CC(NC(=O)Cn1cnc(-c2noc(-c3ccncc3)n2)c1)c1ccccc1. The molecule has 0 saturated heterocycles. The Morgan fingerprint density at radius 3 is 2.75 bits per heavy atom. The van der Waals surface area contributed by atoms with Gasteiger partial charge in [0.25, 0.3) is 5.89 Å². The first kappa shape index (κ1) is 17.6. The van der Waals surface area contributed by atoms with Crippen LogP contribution in [-0.4, -0.2) is 30.6 Å². The van der Waals surface area contributed by atoms with Crippen molar-refractivity contribution in [2.24, 2.45) is 0 Å². The lowest BCUT2D eigenvalue weighted by atomic mass is 10.1. The maximum atomic E-state index is 12.3. The molecule has 0 bridgehead atoms. The highest BCUT2D eigenvalue weighted by molar-refractivity contribution is 5.76. The van der Waals surface area contributed by atoms with Crippen molar-refractivity contribution in [1.82, 2.24) is 30.0 Å². The number of carbonyl (C=O) groups is 1. The zero-order chi connectivity index (χ0) is 19.3. The van der Waals surface area contributed by atoms with Crippen molar-refractivity contribution in [2.45, 2.75) is 19.5 Å². The zero-order valence-corrected chi connectivity index (χ0v) is 15.2. The Bertz CT molecular complexity index is 1060. The predicted octanol–water partition coefficient (Wildman–Crippen LogP) is 2.87. The number of nitrogens with zero attached hydrogens (tertiary/aromatic N) is 5. The first-order chi connectivity index (χ1) is 13.7. The number of hydrogen-bond donors (Lipinski definition) is 1. The zero-order valence-electron chi connectivity index (χ0n) is 15.2. The van der Waals surface area contributed by atoms with E-state index in [1.54, 1.807) is 41.6 Å². The molecule has 28 heavy (non-hydrogen) atoms. The van der Waals surface area contributed by atoms with Crippen LogP contribution in [0.3, 0.4) is 0 Å². The van der Waals surface area contributed by atoms with Gasteiger partial charge >= 0.3 is 0 Å². The highest BCUT2D eigenvalue weighted by Gasteiger charge is 2.14. The van der Waals surface area contributed by atoms with E-state index in [1.165, 1.54) is 0 Å². The van der Waals surface area contributed by atoms with E-state index < -0.39 is 0 Å². The third-order valence-electron chi connectivity index (χ3n) is 4.22. The molecule has 8 nitrogen and oxygen atoms in total. The maximum absolute atomic E-state index is 12.3. The van der Waals surface area contributed by atoms with Gasteiger partial charge < -0.3 is 14.4 Å². The van der Waals surface area contributed by atoms with E-state index in [0.29, 0.717) is 17.4 Å². The minimum Gasteiger partial charge on any atom is -0.348 e. The number of carbonyl (C=O) groups excluding carboxylic acids is 1. The Labute approximate surface area is 161 Å². The van der Waals surface area contributed by atoms with Gasteiger partial charge in [-0.1, -0.05) is 35.5 Å². The van der Waals surface area contributed by atoms with Crippen LogP contribution in [0.15, 0.2) is 71.9 Å². The van der Waals surface area contributed by atoms with Crippen molar-refractivity contribution >= 4 is 5.91 Å². The van der Waals surface area contributed by atoms with Crippen LogP contribution in [0.2, 0.25) is 0 Å². The van der Waals surface area contributed by atoms with E-state index >= 15 is 0 Å². The average Bonchev–Trinajstić information content (AvgIpc) is 3.39. The summed E-state index contributed by atoms with van der Waals surface area (Å²) >= 11 is 0. The van der Waals surface area contributed by atoms with Crippen LogP contribution in [0, 0.1) is 0 Å². The molecule has 1 amide bonds. The molecule has 1 atom stereocenters. The second-order valence-corrected chi connectivity index (χ2v) is 6.29. The lowest BCUT2D eigenvalue weighted by molar-refractivity contribution is -0.122. The van der Waals surface area contributed by atoms with E-state index in [2.05, 4.69) is 25.4 Å². The molecule has 4 rings (SSSR count). The molecule has 140 valence electrons. The lowest BCUT2D eigenvalue weighted by Gasteiger charge is -2.14. The molecule has 0 saturated carbocycles. The summed E-state index contributed by atoms with van der Waals surface area (Å²) in [6.07, 6.45) is 6.60. The van der Waals surface area contributed by atoms with Crippen molar-refractivity contribution in [3.8, 4) is 23.0 Å². The summed E-state index contributed by atoms with van der Waals surface area (Å²) in [5.74, 6) is 0.649. The van der Waals surface area contributed by atoms with Crippen LogP contribution in [0.5, 0.6) is 0 Å². The molecule has 0 radical (unpaired) electrons. The van der Waals surface area contributed by atoms with Crippen LogP contribution in [0.1, 0.15) is 18.5 Å². The van der Waals surface area contributed by atoms with Crippen molar-refractivity contribution in [3.05, 3.63) is 72.9 Å². The van der Waals surface area contributed by atoms with E-state index in [9.17, 15) is 4.79 Å². The van der Waals surface area contributed by atoms with Crippen LogP contribution < -0.4 is 5.32 Å². The van der Waals surface area contributed by atoms with Crippen molar-refractivity contribution in [2.75, 3.05) is 0 Å². The molecule has 0 aliphatic heterocycles. The topological polar surface area (TPSA) is 98.7 Å². The van der Waals surface area contributed by atoms with E-state index in [-0.39, 0.29) is 18.5 Å². The van der Waals surface area contributed by atoms with Gasteiger partial charge in [-0.3, -0.25) is 9.78 Å². The van der Waals surface area contributed by atoms with Gasteiger partial charge in [0, 0.05) is 24.2 Å². The molecule has 8 heteroatoms. The summed E-state index contributed by atoms with van der Waals surface area (Å²) < 4.78 is 6.97. The van der Waals surface area contributed by atoms with Gasteiger partial charge in [-0.25, -0.2) is 4.98 Å². The maximum Gasteiger partial charge on any atom is 0.258 e. The predicted molar refractivity (Wildman–Crippen MR) is 102 cm³/mol. The number of aromatic nitrogens is 5. The number of imidazole rings is 1. The van der Waals surface area contributed by atoms with Crippen molar-refractivity contribution < 1.29 is 9.32 Å². The van der Waals surface area contributed by atoms with Crippen LogP contribution in [0.25, 0.3) is 23.0 Å². The molecule has 4 aromatic rings. The van der Waals surface area contributed by atoms with Crippen LogP contribution >= 0.6 is 0 Å². The Hall–Kier alpha value is -3.81. The van der Waals surface area contributed by atoms with Gasteiger partial charge in [0.05, 0.1) is 12.4 Å². The fraction of sp³-hybridized carbons (Fsp3) is 0.150. The Morgan fingerprint density at radius 2 is 1.96 bits per heavy atom. The summed E-state index contributed by atoms with van der Waals surface area (Å²) in [5, 5.41) is 6.94. The number of pyridine rings is 1. The molecule has 3 aromatic heterocycles. The van der Waals surface area contributed by atoms with Gasteiger partial charge in [0.1, 0.15) is 12.2 Å². The van der Waals surface area contributed by atoms with Crippen molar-refractivity contribution in [1.29, 1.82) is 0 Å². The first-order valence-electron chi connectivity index (χ1n) is 8.79. The summed E-state index contributed by atoms with van der Waals surface area (Å²) in [6.45, 7) is 2.10. The quantitative estimate of drug-likeness (QED) is 0.557. The highest BCUT2D eigenvalue weighted by Crippen LogP contribution is 2.20. The number of nitrogens with one attached hydrogen (secondary N) is 1. The summed E-state index contributed by atoms with van der Waals surface area (Å²) in [4.78, 5) is 24.9. The summed E-state index contributed by atoms with van der Waals surface area (Å²) in [6, 6.07) is 13.3. The largest absolute Gasteiger partial charge is 0.348 e. The van der Waals surface area contributed by atoms with E-state index in [1.807, 2.05) is 37.3 Å². The molecule has 1 aromatic carbocycles. The number of hydrogen-bond acceptors (Lipinski definition) is 6. The Kier molecular flexibility index (Phi) is 4.92. The van der Waals surface area contributed by atoms with Gasteiger partial charge in [-0.05, 0) is 24.6 Å². The number of rotatable bonds is 6. The monoisotopic (exact) mass is 374 g/mol. The second kappa shape index (κ2) is 7.83. The molecule has 0 aliphatic rings. The van der Waals surface area contributed by atoms with Crippen LogP contribution in [-0.2, 0) is 11.3 Å². The highest BCUT2D eigenvalue weighted by atomic mass is 16.5. The molecule has 3 heterocycles. The Morgan fingerprint density at radius 1 is 1.18 bits per heavy atom. The molecular weight excluding hydrogens is 356 g/mol. The Balaban J connectivity index is 1.41. The summed E-state index contributed by atoms with van der Waals surface area (Å²) in [7, 11) is 0. The van der Waals surface area contributed by atoms with Gasteiger partial charge in [-0.2, -0.15) is 4.98 Å². The number of benzene rings is 1. The fourth-order valence-corrected chi connectivity index (χ4v) is 2.78. The third kappa shape index (κ3) is 3.96.